The van der Waals surface area contributed by atoms with Crippen LogP contribution in [0.15, 0.2) is 24.3 Å². The Morgan fingerprint density at radius 1 is 1.20 bits per heavy atom. The third-order valence-corrected chi connectivity index (χ3v) is 2.25. The molecule has 0 aliphatic carbocycles. The number of carboxylic acids is 1. The van der Waals surface area contributed by atoms with Crippen LogP contribution in [0.1, 0.15) is 20.8 Å². The van der Waals surface area contributed by atoms with Crippen LogP contribution in [0.3, 0.4) is 0 Å². The van der Waals surface area contributed by atoms with Crippen LogP contribution in [0, 0.1) is 5.41 Å². The van der Waals surface area contributed by atoms with Crippen molar-refractivity contribution < 1.29 is 19.4 Å². The highest BCUT2D eigenvalue weighted by molar-refractivity contribution is 5.89. The second kappa shape index (κ2) is 6.79. The van der Waals surface area contributed by atoms with Gasteiger partial charge in [0.15, 0.2) is 6.61 Å². The number of amides is 2. The van der Waals surface area contributed by atoms with Gasteiger partial charge >= 0.3 is 12.0 Å². The monoisotopic (exact) mass is 280 g/mol. The summed E-state index contributed by atoms with van der Waals surface area (Å²) in [5.41, 5.74) is 0.630. The van der Waals surface area contributed by atoms with Gasteiger partial charge in [-0.1, -0.05) is 20.8 Å². The van der Waals surface area contributed by atoms with Crippen molar-refractivity contribution in [1.29, 1.82) is 0 Å². The zero-order chi connectivity index (χ0) is 15.2. The number of hydrogen-bond donors (Lipinski definition) is 3. The molecule has 0 fully saturated rings. The molecule has 0 saturated heterocycles. The van der Waals surface area contributed by atoms with Crippen LogP contribution in [0.25, 0.3) is 0 Å². The Morgan fingerprint density at radius 2 is 1.80 bits per heavy atom. The van der Waals surface area contributed by atoms with Crippen LogP contribution in [-0.2, 0) is 4.79 Å². The van der Waals surface area contributed by atoms with Gasteiger partial charge in [-0.2, -0.15) is 0 Å². The van der Waals surface area contributed by atoms with E-state index in [1.807, 2.05) is 20.8 Å². The molecule has 0 heterocycles. The first-order chi connectivity index (χ1) is 9.26. The minimum Gasteiger partial charge on any atom is -0.482 e. The van der Waals surface area contributed by atoms with Crippen molar-refractivity contribution in [1.82, 2.24) is 5.32 Å². The Morgan fingerprint density at radius 3 is 2.30 bits per heavy atom. The Kier molecular flexibility index (Phi) is 5.37. The molecule has 0 saturated carbocycles. The van der Waals surface area contributed by atoms with Crippen molar-refractivity contribution in [2.24, 2.45) is 5.41 Å². The van der Waals surface area contributed by atoms with Crippen molar-refractivity contribution in [2.45, 2.75) is 20.8 Å². The normalized spacial score (nSPS) is 10.8. The second-order valence-electron chi connectivity index (χ2n) is 5.58. The number of ether oxygens (including phenoxy) is 1. The molecular weight excluding hydrogens is 260 g/mol. The van der Waals surface area contributed by atoms with Crippen LogP contribution in [-0.4, -0.2) is 30.3 Å². The molecule has 6 nitrogen and oxygen atoms in total. The summed E-state index contributed by atoms with van der Waals surface area (Å²) in [6.07, 6.45) is 0. The molecule has 0 aromatic heterocycles. The fraction of sp³-hybridized carbons (Fsp3) is 0.429. The predicted molar refractivity (Wildman–Crippen MR) is 76.0 cm³/mol. The number of carbonyl (C=O) groups excluding carboxylic acids is 1. The summed E-state index contributed by atoms with van der Waals surface area (Å²) in [6.45, 7) is 6.27. The lowest BCUT2D eigenvalue weighted by molar-refractivity contribution is -0.139. The van der Waals surface area contributed by atoms with Crippen LogP contribution in [0.5, 0.6) is 5.75 Å². The molecule has 0 spiro atoms. The molecular formula is C14H20N2O4. The van der Waals surface area contributed by atoms with E-state index in [1.165, 1.54) is 0 Å². The molecule has 6 heteroatoms. The average molecular weight is 280 g/mol. The van der Waals surface area contributed by atoms with Gasteiger partial charge in [-0.3, -0.25) is 0 Å². The Labute approximate surface area is 118 Å². The molecule has 0 bridgehead atoms. The molecule has 110 valence electrons. The van der Waals surface area contributed by atoms with Gasteiger partial charge in [-0.15, -0.1) is 0 Å². The molecule has 0 unspecified atom stereocenters. The molecule has 1 rings (SSSR count). The average Bonchev–Trinajstić information content (AvgIpc) is 2.35. The number of hydrogen-bond acceptors (Lipinski definition) is 3. The Bertz CT molecular complexity index is 463. The van der Waals surface area contributed by atoms with E-state index in [4.69, 9.17) is 9.84 Å². The fourth-order valence-electron chi connectivity index (χ4n) is 1.30. The quantitative estimate of drug-likeness (QED) is 0.772. The molecule has 20 heavy (non-hydrogen) atoms. The summed E-state index contributed by atoms with van der Waals surface area (Å²) >= 11 is 0. The van der Waals surface area contributed by atoms with Gasteiger partial charge in [0.2, 0.25) is 0 Å². The van der Waals surface area contributed by atoms with Gasteiger partial charge < -0.3 is 20.5 Å². The topological polar surface area (TPSA) is 87.7 Å². The highest BCUT2D eigenvalue weighted by Crippen LogP contribution is 2.16. The molecule has 3 N–H and O–H groups in total. The lowest BCUT2D eigenvalue weighted by Crippen LogP contribution is -2.35. The first-order valence-corrected chi connectivity index (χ1v) is 6.26. The number of nitrogens with one attached hydrogen (secondary N) is 2. The third-order valence-electron chi connectivity index (χ3n) is 2.25. The maximum absolute atomic E-state index is 11.6. The maximum atomic E-state index is 11.6. The van der Waals surface area contributed by atoms with E-state index in [0.29, 0.717) is 18.0 Å². The van der Waals surface area contributed by atoms with Crippen molar-refractivity contribution in [3.05, 3.63) is 24.3 Å². The maximum Gasteiger partial charge on any atom is 0.341 e. The van der Waals surface area contributed by atoms with Crippen LogP contribution in [0.4, 0.5) is 10.5 Å². The third kappa shape index (κ3) is 6.63. The molecule has 1 aromatic rings. The zero-order valence-electron chi connectivity index (χ0n) is 11.9. The van der Waals surface area contributed by atoms with E-state index in [0.717, 1.165) is 0 Å². The van der Waals surface area contributed by atoms with Gasteiger partial charge in [0.1, 0.15) is 5.75 Å². The summed E-state index contributed by atoms with van der Waals surface area (Å²) in [5, 5.41) is 13.9. The number of carboxylic acid groups (broad SMARTS) is 1. The molecule has 2 amide bonds. The van der Waals surface area contributed by atoms with Crippen LogP contribution >= 0.6 is 0 Å². The highest BCUT2D eigenvalue weighted by Gasteiger charge is 2.11. The van der Waals surface area contributed by atoms with E-state index >= 15 is 0 Å². The largest absolute Gasteiger partial charge is 0.482 e. The SMILES string of the molecule is CC(C)(C)CNC(=O)Nc1ccc(OCC(=O)O)cc1. The fourth-order valence-corrected chi connectivity index (χ4v) is 1.30. The lowest BCUT2D eigenvalue weighted by atomic mass is 9.97. The zero-order valence-corrected chi connectivity index (χ0v) is 11.9. The molecule has 0 aliphatic heterocycles. The van der Waals surface area contributed by atoms with Crippen LogP contribution in [0.2, 0.25) is 0 Å². The van der Waals surface area contributed by atoms with E-state index in [2.05, 4.69) is 10.6 Å². The Balaban J connectivity index is 2.44. The molecule has 0 aliphatic rings. The number of urea groups is 1. The van der Waals surface area contributed by atoms with E-state index in [-0.39, 0.29) is 11.4 Å². The van der Waals surface area contributed by atoms with E-state index in [1.54, 1.807) is 24.3 Å². The lowest BCUT2D eigenvalue weighted by Gasteiger charge is -2.18. The number of anilines is 1. The van der Waals surface area contributed by atoms with Crippen molar-refractivity contribution in [3.63, 3.8) is 0 Å². The van der Waals surface area contributed by atoms with Gasteiger partial charge in [0, 0.05) is 12.2 Å². The van der Waals surface area contributed by atoms with E-state index < -0.39 is 12.6 Å². The summed E-state index contributed by atoms with van der Waals surface area (Å²) in [7, 11) is 0. The minimum atomic E-state index is -1.03. The predicted octanol–water partition coefficient (Wildman–Crippen LogP) is 2.32. The van der Waals surface area contributed by atoms with Gasteiger partial charge in [0.05, 0.1) is 0 Å². The standard InChI is InChI=1S/C14H20N2O4/c1-14(2,3)9-15-13(19)16-10-4-6-11(7-5-10)20-8-12(17)18/h4-7H,8-9H2,1-3H3,(H,17,18)(H2,15,16,19). The summed E-state index contributed by atoms with van der Waals surface area (Å²) in [5.74, 6) is -0.596. The van der Waals surface area contributed by atoms with E-state index in [9.17, 15) is 9.59 Å². The number of carbonyl (C=O) groups is 2. The first kappa shape index (κ1) is 15.8. The number of rotatable bonds is 5. The van der Waals surface area contributed by atoms with Gasteiger partial charge in [-0.25, -0.2) is 9.59 Å². The Hall–Kier alpha value is -2.24. The first-order valence-electron chi connectivity index (χ1n) is 6.26. The van der Waals surface area contributed by atoms with Crippen molar-refractivity contribution in [2.75, 3.05) is 18.5 Å². The summed E-state index contributed by atoms with van der Waals surface area (Å²) in [4.78, 5) is 22.0. The second-order valence-corrected chi connectivity index (χ2v) is 5.58. The smallest absolute Gasteiger partial charge is 0.341 e. The van der Waals surface area contributed by atoms with Crippen molar-refractivity contribution in [3.8, 4) is 5.75 Å². The molecule has 0 atom stereocenters. The highest BCUT2D eigenvalue weighted by atomic mass is 16.5. The molecule has 0 radical (unpaired) electrons. The van der Waals surface area contributed by atoms with Crippen molar-refractivity contribution >= 4 is 17.7 Å². The molecule has 1 aromatic carbocycles. The summed E-state index contributed by atoms with van der Waals surface area (Å²) in [6, 6.07) is 6.21. The van der Waals surface area contributed by atoms with Gasteiger partial charge in [-0.05, 0) is 29.7 Å². The summed E-state index contributed by atoms with van der Waals surface area (Å²) < 4.78 is 4.99. The van der Waals surface area contributed by atoms with Crippen LogP contribution < -0.4 is 15.4 Å². The number of aliphatic carboxylic acids is 1. The number of benzene rings is 1. The minimum absolute atomic E-state index is 0.0197. The van der Waals surface area contributed by atoms with Gasteiger partial charge in [0.25, 0.3) is 0 Å².